The molecule has 18 heavy (non-hydrogen) atoms. The number of thiazole rings is 1. The van der Waals surface area contributed by atoms with E-state index in [9.17, 15) is 5.11 Å². The highest BCUT2D eigenvalue weighted by molar-refractivity contribution is 7.15. The first-order valence-electron chi connectivity index (χ1n) is 5.27. The average molecular weight is 266 g/mol. The predicted octanol–water partition coefficient (Wildman–Crippen LogP) is 1.82. The van der Waals surface area contributed by atoms with Gasteiger partial charge in [0.05, 0.1) is 19.1 Å². The fourth-order valence-corrected chi connectivity index (χ4v) is 2.32. The van der Waals surface area contributed by atoms with Crippen LogP contribution in [0.1, 0.15) is 16.5 Å². The Kier molecular flexibility index (Phi) is 3.69. The molecule has 0 bridgehead atoms. The second kappa shape index (κ2) is 5.24. The van der Waals surface area contributed by atoms with Gasteiger partial charge in [0.1, 0.15) is 17.6 Å². The van der Waals surface area contributed by atoms with E-state index in [1.807, 2.05) is 0 Å². The van der Waals surface area contributed by atoms with E-state index in [-0.39, 0.29) is 0 Å². The minimum absolute atomic E-state index is 0.427. The van der Waals surface area contributed by atoms with E-state index in [0.29, 0.717) is 27.1 Å². The fourth-order valence-electron chi connectivity index (χ4n) is 1.62. The van der Waals surface area contributed by atoms with Gasteiger partial charge in [-0.2, -0.15) is 0 Å². The Labute approximate surface area is 109 Å². The Morgan fingerprint density at radius 1 is 1.33 bits per heavy atom. The van der Waals surface area contributed by atoms with Gasteiger partial charge >= 0.3 is 0 Å². The Bertz CT molecular complexity index is 542. The van der Waals surface area contributed by atoms with Crippen LogP contribution in [0.25, 0.3) is 0 Å². The number of hydrogen-bond donors (Lipinski definition) is 2. The molecular weight excluding hydrogens is 252 g/mol. The van der Waals surface area contributed by atoms with Gasteiger partial charge in [-0.05, 0) is 12.1 Å². The van der Waals surface area contributed by atoms with Crippen molar-refractivity contribution in [3.05, 3.63) is 34.8 Å². The van der Waals surface area contributed by atoms with Crippen LogP contribution in [-0.4, -0.2) is 24.3 Å². The highest BCUT2D eigenvalue weighted by atomic mass is 32.1. The first kappa shape index (κ1) is 12.7. The zero-order chi connectivity index (χ0) is 13.1. The van der Waals surface area contributed by atoms with Crippen LogP contribution < -0.4 is 15.2 Å². The van der Waals surface area contributed by atoms with E-state index < -0.39 is 6.10 Å². The smallest absolute Gasteiger partial charge is 0.180 e. The SMILES string of the molecule is COc1ccc(C(O)c2cnc(N)s2)c(OC)c1. The quantitative estimate of drug-likeness (QED) is 0.882. The molecule has 96 valence electrons. The zero-order valence-corrected chi connectivity index (χ0v) is 10.9. The van der Waals surface area contributed by atoms with E-state index in [2.05, 4.69) is 4.98 Å². The third-order valence-electron chi connectivity index (χ3n) is 2.55. The summed E-state index contributed by atoms with van der Waals surface area (Å²) in [5.41, 5.74) is 6.21. The zero-order valence-electron chi connectivity index (χ0n) is 10.1. The summed E-state index contributed by atoms with van der Waals surface area (Å²) in [5, 5.41) is 10.7. The standard InChI is InChI=1S/C12H14N2O3S/c1-16-7-3-4-8(9(5-7)17-2)11(15)10-6-14-12(13)18-10/h3-6,11,15H,1-2H3,(H2,13,14). The molecule has 6 heteroatoms. The Morgan fingerprint density at radius 3 is 2.67 bits per heavy atom. The van der Waals surface area contributed by atoms with Gasteiger partial charge in [-0.1, -0.05) is 11.3 Å². The number of hydrogen-bond acceptors (Lipinski definition) is 6. The molecule has 0 saturated heterocycles. The molecule has 0 saturated carbocycles. The number of ether oxygens (including phenoxy) is 2. The number of rotatable bonds is 4. The number of aromatic nitrogens is 1. The summed E-state index contributed by atoms with van der Waals surface area (Å²) < 4.78 is 10.4. The van der Waals surface area contributed by atoms with Crippen LogP contribution in [0.2, 0.25) is 0 Å². The minimum Gasteiger partial charge on any atom is -0.497 e. The predicted molar refractivity (Wildman–Crippen MR) is 70.1 cm³/mol. The maximum Gasteiger partial charge on any atom is 0.180 e. The van der Waals surface area contributed by atoms with E-state index >= 15 is 0 Å². The fraction of sp³-hybridized carbons (Fsp3) is 0.250. The lowest BCUT2D eigenvalue weighted by atomic mass is 10.1. The van der Waals surface area contributed by atoms with Gasteiger partial charge in [0.15, 0.2) is 5.13 Å². The first-order chi connectivity index (χ1) is 8.65. The Hall–Kier alpha value is -1.79. The third-order valence-corrected chi connectivity index (χ3v) is 3.43. The first-order valence-corrected chi connectivity index (χ1v) is 6.08. The molecule has 0 radical (unpaired) electrons. The van der Waals surface area contributed by atoms with Crippen molar-refractivity contribution in [2.75, 3.05) is 20.0 Å². The van der Waals surface area contributed by atoms with Gasteiger partial charge < -0.3 is 20.3 Å². The van der Waals surface area contributed by atoms with Crippen LogP contribution in [0.3, 0.4) is 0 Å². The van der Waals surface area contributed by atoms with Crippen molar-refractivity contribution in [3.63, 3.8) is 0 Å². The normalized spacial score (nSPS) is 12.2. The van der Waals surface area contributed by atoms with Gasteiger partial charge in [-0.25, -0.2) is 4.98 Å². The van der Waals surface area contributed by atoms with Crippen molar-refractivity contribution < 1.29 is 14.6 Å². The lowest BCUT2D eigenvalue weighted by Gasteiger charge is -2.14. The summed E-state index contributed by atoms with van der Waals surface area (Å²) in [5.74, 6) is 1.24. The van der Waals surface area contributed by atoms with Gasteiger partial charge in [0.25, 0.3) is 0 Å². The largest absolute Gasteiger partial charge is 0.497 e. The molecule has 1 aromatic heterocycles. The summed E-state index contributed by atoms with van der Waals surface area (Å²) in [6.07, 6.45) is 0.759. The highest BCUT2D eigenvalue weighted by Crippen LogP contribution is 2.35. The maximum atomic E-state index is 10.3. The minimum atomic E-state index is -0.805. The van der Waals surface area contributed by atoms with Crippen molar-refractivity contribution in [2.24, 2.45) is 0 Å². The molecule has 2 aromatic rings. The van der Waals surface area contributed by atoms with Gasteiger partial charge in [-0.15, -0.1) is 0 Å². The highest BCUT2D eigenvalue weighted by Gasteiger charge is 2.18. The topological polar surface area (TPSA) is 77.6 Å². The summed E-state index contributed by atoms with van der Waals surface area (Å²) in [6.45, 7) is 0. The van der Waals surface area contributed by atoms with Gasteiger partial charge in [0, 0.05) is 17.8 Å². The number of aliphatic hydroxyl groups is 1. The number of nitrogens with two attached hydrogens (primary N) is 1. The summed E-state index contributed by atoms with van der Waals surface area (Å²) in [7, 11) is 3.13. The molecule has 3 N–H and O–H groups in total. The van der Waals surface area contributed by atoms with Gasteiger partial charge in [0.2, 0.25) is 0 Å². The average Bonchev–Trinajstić information content (AvgIpc) is 2.83. The van der Waals surface area contributed by atoms with Crippen LogP contribution >= 0.6 is 11.3 Å². The molecule has 0 fully saturated rings. The van der Waals surface area contributed by atoms with Crippen LogP contribution in [-0.2, 0) is 0 Å². The Morgan fingerprint density at radius 2 is 2.11 bits per heavy atom. The van der Waals surface area contributed by atoms with Crippen molar-refractivity contribution >= 4 is 16.5 Å². The molecule has 1 atom stereocenters. The molecular formula is C12H14N2O3S. The molecule has 0 amide bonds. The summed E-state index contributed by atoms with van der Waals surface area (Å²) in [4.78, 5) is 4.60. The number of nitrogen functional groups attached to an aromatic ring is 1. The van der Waals surface area contributed by atoms with Crippen LogP contribution in [0.15, 0.2) is 24.4 Å². The van der Waals surface area contributed by atoms with Crippen molar-refractivity contribution in [1.29, 1.82) is 0 Å². The molecule has 1 unspecified atom stereocenters. The van der Waals surface area contributed by atoms with E-state index in [0.717, 1.165) is 0 Å². The molecule has 5 nitrogen and oxygen atoms in total. The second-order valence-corrected chi connectivity index (χ2v) is 4.71. The number of nitrogens with zero attached hydrogens (tertiary/aromatic N) is 1. The summed E-state index contributed by atoms with van der Waals surface area (Å²) >= 11 is 1.25. The Balaban J connectivity index is 2.38. The van der Waals surface area contributed by atoms with E-state index in [1.54, 1.807) is 38.6 Å². The van der Waals surface area contributed by atoms with Crippen molar-refractivity contribution in [1.82, 2.24) is 4.98 Å². The van der Waals surface area contributed by atoms with Crippen LogP contribution in [0.5, 0.6) is 11.5 Å². The van der Waals surface area contributed by atoms with E-state index in [1.165, 1.54) is 11.3 Å². The lowest BCUT2D eigenvalue weighted by molar-refractivity contribution is 0.218. The van der Waals surface area contributed by atoms with Crippen LogP contribution in [0.4, 0.5) is 5.13 Å². The number of anilines is 1. The molecule has 2 rings (SSSR count). The van der Waals surface area contributed by atoms with Crippen LogP contribution in [0, 0.1) is 0 Å². The maximum absolute atomic E-state index is 10.3. The molecule has 0 aliphatic rings. The lowest BCUT2D eigenvalue weighted by Crippen LogP contribution is -2.01. The second-order valence-electron chi connectivity index (χ2n) is 3.61. The molecule has 0 aliphatic heterocycles. The number of benzene rings is 1. The summed E-state index contributed by atoms with van der Waals surface area (Å²) in [6, 6.07) is 5.26. The monoisotopic (exact) mass is 266 g/mol. The van der Waals surface area contributed by atoms with E-state index in [4.69, 9.17) is 15.2 Å². The number of aliphatic hydroxyl groups excluding tert-OH is 1. The molecule has 1 heterocycles. The molecule has 0 aliphatic carbocycles. The molecule has 1 aromatic carbocycles. The third kappa shape index (κ3) is 2.39. The van der Waals surface area contributed by atoms with Gasteiger partial charge in [-0.3, -0.25) is 0 Å². The number of methoxy groups -OCH3 is 2. The van der Waals surface area contributed by atoms with Crippen molar-refractivity contribution in [3.8, 4) is 11.5 Å². The molecule has 0 spiro atoms. The van der Waals surface area contributed by atoms with Crippen molar-refractivity contribution in [2.45, 2.75) is 6.10 Å².